The van der Waals surface area contributed by atoms with Crippen LogP contribution in [0.25, 0.3) is 0 Å². The highest BCUT2D eigenvalue weighted by Crippen LogP contribution is 2.23. The van der Waals surface area contributed by atoms with Crippen LogP contribution in [0.2, 0.25) is 0 Å². The van der Waals surface area contributed by atoms with Crippen LogP contribution in [0.3, 0.4) is 0 Å². The molecule has 0 bridgehead atoms. The lowest BCUT2D eigenvalue weighted by Crippen LogP contribution is -2.36. The highest BCUT2D eigenvalue weighted by molar-refractivity contribution is 5.47. The molecule has 82 valence electrons. The monoisotopic (exact) mass is 207 g/mol. The fourth-order valence-corrected chi connectivity index (χ4v) is 2.05. The van der Waals surface area contributed by atoms with Gasteiger partial charge >= 0.3 is 0 Å². The first-order valence-electron chi connectivity index (χ1n) is 5.49. The van der Waals surface area contributed by atoms with E-state index in [1.165, 1.54) is 6.42 Å². The lowest BCUT2D eigenvalue weighted by Gasteiger charge is -2.29. The largest absolute Gasteiger partial charge is 0.508 e. The Morgan fingerprint density at radius 1 is 1.07 bits per heavy atom. The van der Waals surface area contributed by atoms with E-state index < -0.39 is 0 Å². The van der Waals surface area contributed by atoms with Gasteiger partial charge in [-0.05, 0) is 37.1 Å². The number of phenols is 1. The van der Waals surface area contributed by atoms with E-state index in [2.05, 4.69) is 5.32 Å². The fraction of sp³-hybridized carbons (Fsp3) is 0.500. The summed E-state index contributed by atoms with van der Waals surface area (Å²) in [7, 11) is 0. The third-order valence-electron chi connectivity index (χ3n) is 2.95. The summed E-state index contributed by atoms with van der Waals surface area (Å²) >= 11 is 0. The molecule has 0 amide bonds. The van der Waals surface area contributed by atoms with Crippen LogP contribution in [0.5, 0.6) is 5.75 Å². The molecule has 0 aliphatic heterocycles. The molecular weight excluding hydrogens is 190 g/mol. The summed E-state index contributed by atoms with van der Waals surface area (Å²) in [5.74, 6) is 0.268. The maximum atomic E-state index is 9.77. The number of anilines is 1. The van der Waals surface area contributed by atoms with Gasteiger partial charge in [0.25, 0.3) is 0 Å². The van der Waals surface area contributed by atoms with Crippen LogP contribution in [0.4, 0.5) is 5.69 Å². The van der Waals surface area contributed by atoms with Crippen molar-refractivity contribution in [2.24, 2.45) is 0 Å². The van der Waals surface area contributed by atoms with Crippen LogP contribution in [-0.2, 0) is 0 Å². The highest BCUT2D eigenvalue weighted by atomic mass is 16.3. The van der Waals surface area contributed by atoms with Crippen LogP contribution in [0.1, 0.15) is 25.7 Å². The summed E-state index contributed by atoms with van der Waals surface area (Å²) in [6.07, 6.45) is 3.95. The molecule has 1 saturated carbocycles. The zero-order valence-electron chi connectivity index (χ0n) is 8.69. The summed E-state index contributed by atoms with van der Waals surface area (Å²) in [4.78, 5) is 0. The van der Waals surface area contributed by atoms with Gasteiger partial charge in [0, 0.05) is 5.69 Å². The van der Waals surface area contributed by atoms with Crippen molar-refractivity contribution in [3.8, 4) is 5.75 Å². The predicted molar refractivity (Wildman–Crippen MR) is 60.0 cm³/mol. The number of nitrogens with one attached hydrogen (secondary N) is 1. The van der Waals surface area contributed by atoms with E-state index in [9.17, 15) is 5.11 Å². The highest BCUT2D eigenvalue weighted by Gasteiger charge is 2.22. The zero-order valence-corrected chi connectivity index (χ0v) is 8.69. The molecule has 1 aliphatic carbocycles. The minimum absolute atomic E-state index is 0.156. The third kappa shape index (κ3) is 2.63. The molecule has 0 unspecified atom stereocenters. The van der Waals surface area contributed by atoms with E-state index in [1.807, 2.05) is 12.1 Å². The number of hydrogen-bond acceptors (Lipinski definition) is 3. The van der Waals surface area contributed by atoms with Crippen LogP contribution >= 0.6 is 0 Å². The number of aliphatic hydroxyl groups excluding tert-OH is 1. The van der Waals surface area contributed by atoms with E-state index >= 15 is 0 Å². The Bertz CT molecular complexity index is 310. The number of aromatic hydroxyl groups is 1. The lowest BCUT2D eigenvalue weighted by molar-refractivity contribution is 0.116. The Balaban J connectivity index is 1.98. The topological polar surface area (TPSA) is 52.5 Å². The summed E-state index contributed by atoms with van der Waals surface area (Å²) in [6, 6.07) is 7.12. The molecule has 0 spiro atoms. The maximum absolute atomic E-state index is 9.77. The Morgan fingerprint density at radius 2 is 1.73 bits per heavy atom. The smallest absolute Gasteiger partial charge is 0.115 e. The standard InChI is InChI=1S/C12H17NO2/c14-10-7-5-9(6-8-10)13-11-3-1-2-4-12(11)15/h5-8,11-15H,1-4H2/t11-,12-/m1/s1. The van der Waals surface area contributed by atoms with Crippen molar-refractivity contribution < 1.29 is 10.2 Å². The Hall–Kier alpha value is -1.22. The van der Waals surface area contributed by atoms with E-state index in [1.54, 1.807) is 12.1 Å². The van der Waals surface area contributed by atoms with Gasteiger partial charge in [-0.15, -0.1) is 0 Å². The van der Waals surface area contributed by atoms with Crippen LogP contribution < -0.4 is 5.32 Å². The molecular formula is C12H17NO2. The van der Waals surface area contributed by atoms with Crippen molar-refractivity contribution in [3.05, 3.63) is 24.3 Å². The van der Waals surface area contributed by atoms with Crippen molar-refractivity contribution in [1.82, 2.24) is 0 Å². The first-order chi connectivity index (χ1) is 7.25. The molecule has 0 saturated heterocycles. The van der Waals surface area contributed by atoms with E-state index in [4.69, 9.17) is 5.11 Å². The fourth-order valence-electron chi connectivity index (χ4n) is 2.05. The molecule has 3 nitrogen and oxygen atoms in total. The van der Waals surface area contributed by atoms with Crippen molar-refractivity contribution >= 4 is 5.69 Å². The number of phenolic OH excluding ortho intramolecular Hbond substituents is 1. The van der Waals surface area contributed by atoms with E-state index in [0.717, 1.165) is 24.9 Å². The van der Waals surface area contributed by atoms with Crippen molar-refractivity contribution in [2.75, 3.05) is 5.32 Å². The molecule has 3 N–H and O–H groups in total. The number of benzene rings is 1. The minimum atomic E-state index is -0.243. The van der Waals surface area contributed by atoms with Crippen molar-refractivity contribution in [2.45, 2.75) is 37.8 Å². The summed E-state index contributed by atoms with van der Waals surface area (Å²) in [5.41, 5.74) is 0.957. The molecule has 1 aliphatic rings. The molecule has 1 fully saturated rings. The quantitative estimate of drug-likeness (QED) is 0.651. The first kappa shape index (κ1) is 10.3. The summed E-state index contributed by atoms with van der Waals surface area (Å²) in [5, 5.41) is 22.2. The first-order valence-corrected chi connectivity index (χ1v) is 5.49. The zero-order chi connectivity index (χ0) is 10.7. The summed E-state index contributed by atoms with van der Waals surface area (Å²) in [6.45, 7) is 0. The molecule has 0 radical (unpaired) electrons. The SMILES string of the molecule is Oc1ccc(N[C@@H]2CCCC[C@H]2O)cc1. The number of rotatable bonds is 2. The molecule has 0 aromatic heterocycles. The Labute approximate surface area is 89.8 Å². The average molecular weight is 207 g/mol. The van der Waals surface area contributed by atoms with Gasteiger partial charge in [0.15, 0.2) is 0 Å². The van der Waals surface area contributed by atoms with Crippen LogP contribution in [-0.4, -0.2) is 22.4 Å². The van der Waals surface area contributed by atoms with Crippen molar-refractivity contribution in [3.63, 3.8) is 0 Å². The number of hydrogen-bond donors (Lipinski definition) is 3. The maximum Gasteiger partial charge on any atom is 0.115 e. The molecule has 1 aromatic carbocycles. The van der Waals surface area contributed by atoms with Gasteiger partial charge in [-0.1, -0.05) is 12.8 Å². The van der Waals surface area contributed by atoms with Crippen LogP contribution in [0.15, 0.2) is 24.3 Å². The Morgan fingerprint density at radius 3 is 2.40 bits per heavy atom. The summed E-state index contributed by atoms with van der Waals surface area (Å²) < 4.78 is 0. The van der Waals surface area contributed by atoms with Gasteiger partial charge in [-0.25, -0.2) is 0 Å². The van der Waals surface area contributed by atoms with Gasteiger partial charge in [-0.3, -0.25) is 0 Å². The van der Waals surface area contributed by atoms with Crippen LogP contribution in [0, 0.1) is 0 Å². The molecule has 0 heterocycles. The van der Waals surface area contributed by atoms with Gasteiger partial charge < -0.3 is 15.5 Å². The van der Waals surface area contributed by atoms with E-state index in [0.29, 0.717) is 0 Å². The average Bonchev–Trinajstić information content (AvgIpc) is 2.25. The third-order valence-corrected chi connectivity index (χ3v) is 2.95. The molecule has 15 heavy (non-hydrogen) atoms. The van der Waals surface area contributed by atoms with Crippen molar-refractivity contribution in [1.29, 1.82) is 0 Å². The molecule has 1 aromatic rings. The normalized spacial score (nSPS) is 26.2. The minimum Gasteiger partial charge on any atom is -0.508 e. The second-order valence-electron chi connectivity index (χ2n) is 4.15. The van der Waals surface area contributed by atoms with Gasteiger partial charge in [0.1, 0.15) is 5.75 Å². The second-order valence-corrected chi connectivity index (χ2v) is 4.15. The number of aliphatic hydroxyl groups is 1. The Kier molecular flexibility index (Phi) is 3.11. The van der Waals surface area contributed by atoms with E-state index in [-0.39, 0.29) is 17.9 Å². The molecule has 2 rings (SSSR count). The second kappa shape index (κ2) is 4.53. The predicted octanol–water partition coefficient (Wildman–Crippen LogP) is 2.11. The van der Waals surface area contributed by atoms with Gasteiger partial charge in [0.2, 0.25) is 0 Å². The molecule has 2 atom stereocenters. The molecule has 3 heteroatoms. The lowest BCUT2D eigenvalue weighted by atomic mass is 9.92. The van der Waals surface area contributed by atoms with Gasteiger partial charge in [0.05, 0.1) is 12.1 Å². The van der Waals surface area contributed by atoms with Gasteiger partial charge in [-0.2, -0.15) is 0 Å².